The van der Waals surface area contributed by atoms with Crippen molar-refractivity contribution in [1.29, 1.82) is 0 Å². The van der Waals surface area contributed by atoms with E-state index in [-0.39, 0.29) is 25.7 Å². The lowest BCUT2D eigenvalue weighted by Gasteiger charge is -2.21. The van der Waals surface area contributed by atoms with Crippen LogP contribution in [0, 0.1) is 5.92 Å². The fourth-order valence-corrected chi connectivity index (χ4v) is 14.2. The van der Waals surface area contributed by atoms with Gasteiger partial charge in [-0.1, -0.05) is 381 Å². The Morgan fingerprint density at radius 3 is 0.680 bits per heavy atom. The third-order valence-electron chi connectivity index (χ3n) is 19.0. The van der Waals surface area contributed by atoms with Gasteiger partial charge >= 0.3 is 39.5 Å². The Hall–Kier alpha value is -1.94. The molecule has 19 heteroatoms. The van der Waals surface area contributed by atoms with Gasteiger partial charge in [0.25, 0.3) is 0 Å². The van der Waals surface area contributed by atoms with Crippen molar-refractivity contribution in [1.82, 2.24) is 0 Å². The lowest BCUT2D eigenvalue weighted by molar-refractivity contribution is -0.161. The fraction of sp³-hybridized carbons (Fsp3) is 0.951. The smallest absolute Gasteiger partial charge is 0.462 e. The standard InChI is InChI=1S/C81H158O17P2/c1-6-9-12-15-18-21-23-25-26-27-28-29-30-31-32-38-42-47-52-57-62-67-81(86)98-77(71-92-79(84)65-60-55-50-45-40-37-34-33-36-39-44-48-53-58-63-74(4)5)73-96-100(89,90)94-69-75(82)68-93-99(87,88)95-72-76(70-91-78(83)64-59-54-49-43-20-17-14-11-8-3)97-80(85)66-61-56-51-46-41-35-24-22-19-16-13-10-7-2/h74-77,82H,6-73H2,1-5H3,(H,87,88)(H,89,90)/t75-,76+,77+/m0/s1. The maximum atomic E-state index is 13.1. The number of ether oxygens (including phenoxy) is 4. The third kappa shape index (κ3) is 74.3. The Balaban J connectivity index is 5.20. The van der Waals surface area contributed by atoms with Gasteiger partial charge in [0.1, 0.15) is 19.3 Å². The summed E-state index contributed by atoms with van der Waals surface area (Å²) in [6.07, 6.45) is 65.3. The molecular formula is C81H158O17P2. The largest absolute Gasteiger partial charge is 0.472 e. The molecule has 0 aromatic rings. The summed E-state index contributed by atoms with van der Waals surface area (Å²) in [6.45, 7) is 7.34. The first kappa shape index (κ1) is 98.1. The fourth-order valence-electron chi connectivity index (χ4n) is 12.6. The van der Waals surface area contributed by atoms with Crippen molar-refractivity contribution < 1.29 is 80.2 Å². The van der Waals surface area contributed by atoms with Crippen LogP contribution in [-0.4, -0.2) is 96.7 Å². The molecule has 0 heterocycles. The van der Waals surface area contributed by atoms with E-state index in [9.17, 15) is 43.2 Å². The highest BCUT2D eigenvalue weighted by molar-refractivity contribution is 7.47. The van der Waals surface area contributed by atoms with Crippen molar-refractivity contribution in [2.24, 2.45) is 5.92 Å². The molecule has 2 unspecified atom stereocenters. The van der Waals surface area contributed by atoms with Gasteiger partial charge in [-0.15, -0.1) is 0 Å². The number of aliphatic hydroxyl groups excluding tert-OH is 1. The Bertz CT molecular complexity index is 1910. The van der Waals surface area contributed by atoms with Crippen molar-refractivity contribution in [3.8, 4) is 0 Å². The Kier molecular flexibility index (Phi) is 72.5. The Labute approximate surface area is 613 Å². The number of aliphatic hydroxyl groups is 1. The first-order valence-electron chi connectivity index (χ1n) is 42.1. The van der Waals surface area contributed by atoms with Gasteiger partial charge < -0.3 is 33.8 Å². The van der Waals surface area contributed by atoms with E-state index in [0.29, 0.717) is 25.7 Å². The Morgan fingerprint density at radius 2 is 0.460 bits per heavy atom. The Morgan fingerprint density at radius 1 is 0.270 bits per heavy atom. The predicted octanol–water partition coefficient (Wildman–Crippen LogP) is 24.4. The quantitative estimate of drug-likeness (QED) is 0.0222. The van der Waals surface area contributed by atoms with E-state index in [1.807, 2.05) is 0 Å². The number of phosphoric ester groups is 2. The van der Waals surface area contributed by atoms with Gasteiger partial charge in [-0.3, -0.25) is 37.3 Å². The zero-order chi connectivity index (χ0) is 73.4. The molecule has 0 rings (SSSR count). The average molecular weight is 1470 g/mol. The summed E-state index contributed by atoms with van der Waals surface area (Å²) in [6, 6.07) is 0. The molecule has 0 saturated heterocycles. The van der Waals surface area contributed by atoms with Crippen LogP contribution >= 0.6 is 15.6 Å². The van der Waals surface area contributed by atoms with Gasteiger partial charge in [-0.2, -0.15) is 0 Å². The monoisotopic (exact) mass is 1470 g/mol. The van der Waals surface area contributed by atoms with E-state index in [1.165, 1.54) is 257 Å². The molecule has 5 atom stereocenters. The van der Waals surface area contributed by atoms with E-state index in [0.717, 1.165) is 95.8 Å². The molecule has 3 N–H and O–H groups in total. The van der Waals surface area contributed by atoms with E-state index < -0.39 is 97.5 Å². The summed E-state index contributed by atoms with van der Waals surface area (Å²) in [4.78, 5) is 72.9. The summed E-state index contributed by atoms with van der Waals surface area (Å²) in [5.74, 6) is -1.31. The van der Waals surface area contributed by atoms with Crippen molar-refractivity contribution in [2.45, 2.75) is 451 Å². The highest BCUT2D eigenvalue weighted by atomic mass is 31.2. The van der Waals surface area contributed by atoms with Crippen LogP contribution in [0.3, 0.4) is 0 Å². The number of rotatable bonds is 81. The number of hydrogen-bond acceptors (Lipinski definition) is 15. The molecule has 0 bridgehead atoms. The van der Waals surface area contributed by atoms with E-state index in [4.69, 9.17) is 37.0 Å². The first-order valence-corrected chi connectivity index (χ1v) is 45.1. The van der Waals surface area contributed by atoms with Crippen molar-refractivity contribution >= 4 is 39.5 Å². The van der Waals surface area contributed by atoms with Crippen LogP contribution in [0.1, 0.15) is 433 Å². The molecule has 0 amide bonds. The molecule has 0 aromatic heterocycles. The lowest BCUT2D eigenvalue weighted by atomic mass is 10.0. The number of phosphoric acid groups is 2. The minimum absolute atomic E-state index is 0.108. The van der Waals surface area contributed by atoms with Crippen LogP contribution in [0.4, 0.5) is 0 Å². The topological polar surface area (TPSA) is 237 Å². The van der Waals surface area contributed by atoms with Gasteiger partial charge in [-0.25, -0.2) is 9.13 Å². The summed E-state index contributed by atoms with van der Waals surface area (Å²) in [5, 5.41) is 10.6. The van der Waals surface area contributed by atoms with Crippen LogP contribution in [0.25, 0.3) is 0 Å². The van der Waals surface area contributed by atoms with Crippen LogP contribution < -0.4 is 0 Å². The van der Waals surface area contributed by atoms with E-state index in [1.54, 1.807) is 0 Å². The summed E-state index contributed by atoms with van der Waals surface area (Å²) < 4.78 is 68.7. The second-order valence-electron chi connectivity index (χ2n) is 29.6. The molecule has 0 radical (unpaired) electrons. The molecule has 0 spiro atoms. The lowest BCUT2D eigenvalue weighted by Crippen LogP contribution is -2.30. The zero-order valence-electron chi connectivity index (χ0n) is 65.3. The number of esters is 4. The summed E-state index contributed by atoms with van der Waals surface area (Å²) in [5.41, 5.74) is 0. The second-order valence-corrected chi connectivity index (χ2v) is 32.5. The van der Waals surface area contributed by atoms with Crippen molar-refractivity contribution in [3.05, 3.63) is 0 Å². The molecule has 0 aliphatic heterocycles. The normalized spacial score (nSPS) is 13.8. The second kappa shape index (κ2) is 73.9. The number of hydrogen-bond donors (Lipinski definition) is 3. The zero-order valence-corrected chi connectivity index (χ0v) is 67.1. The van der Waals surface area contributed by atoms with Gasteiger partial charge in [0, 0.05) is 25.7 Å². The minimum Gasteiger partial charge on any atom is -0.462 e. The summed E-state index contributed by atoms with van der Waals surface area (Å²) in [7, 11) is -9.91. The molecule has 0 aliphatic carbocycles. The summed E-state index contributed by atoms with van der Waals surface area (Å²) >= 11 is 0. The molecule has 0 aliphatic rings. The molecule has 0 aromatic carbocycles. The molecule has 594 valence electrons. The van der Waals surface area contributed by atoms with Crippen LogP contribution in [0.2, 0.25) is 0 Å². The van der Waals surface area contributed by atoms with Gasteiger partial charge in [0.05, 0.1) is 26.4 Å². The average Bonchev–Trinajstić information content (AvgIpc) is 0.959. The van der Waals surface area contributed by atoms with Crippen molar-refractivity contribution in [2.75, 3.05) is 39.6 Å². The van der Waals surface area contributed by atoms with Gasteiger partial charge in [0.15, 0.2) is 12.2 Å². The van der Waals surface area contributed by atoms with Crippen LogP contribution in [-0.2, 0) is 65.4 Å². The molecule has 100 heavy (non-hydrogen) atoms. The maximum Gasteiger partial charge on any atom is 0.472 e. The van der Waals surface area contributed by atoms with Crippen LogP contribution in [0.5, 0.6) is 0 Å². The highest BCUT2D eigenvalue weighted by Gasteiger charge is 2.30. The predicted molar refractivity (Wildman–Crippen MR) is 409 cm³/mol. The highest BCUT2D eigenvalue weighted by Crippen LogP contribution is 2.45. The van der Waals surface area contributed by atoms with Gasteiger partial charge in [-0.05, 0) is 31.6 Å². The molecule has 0 fully saturated rings. The van der Waals surface area contributed by atoms with Crippen LogP contribution in [0.15, 0.2) is 0 Å². The first-order chi connectivity index (χ1) is 48.5. The number of carbonyl (C=O) groups is 4. The van der Waals surface area contributed by atoms with E-state index in [2.05, 4.69) is 34.6 Å². The number of unbranched alkanes of at least 4 members (excludes halogenated alkanes) is 53. The van der Waals surface area contributed by atoms with Crippen molar-refractivity contribution in [3.63, 3.8) is 0 Å². The van der Waals surface area contributed by atoms with E-state index >= 15 is 0 Å². The molecular weight excluding hydrogens is 1310 g/mol. The molecule has 0 saturated carbocycles. The third-order valence-corrected chi connectivity index (χ3v) is 20.9. The SMILES string of the molecule is CCCCCCCCCCCCCCCCCCCCCCCC(=O)O[C@H](COC(=O)CCCCCCCCCCCCCCCCC(C)C)COP(=O)(O)OC[C@@H](O)COP(=O)(O)OC[C@@H](COC(=O)CCCCCCCCCCC)OC(=O)CCCCCCCCCCCCCCC. The maximum absolute atomic E-state index is 13.1. The van der Waals surface area contributed by atoms with Gasteiger partial charge in [0.2, 0.25) is 0 Å². The number of carbonyl (C=O) groups excluding carboxylic acids is 4. The molecule has 17 nitrogen and oxygen atoms in total. The minimum atomic E-state index is -4.96.